The zero-order chi connectivity index (χ0) is 18.6. The Morgan fingerprint density at radius 3 is 2.68 bits per heavy atom. The highest BCUT2D eigenvalue weighted by Gasteiger charge is 2.47. The largest absolute Gasteiger partial charge is 0.573 e. The number of ether oxygens (including phenoxy) is 1. The van der Waals surface area contributed by atoms with Crippen molar-refractivity contribution in [2.45, 2.75) is 37.6 Å². The number of alkyl halides is 3. The van der Waals surface area contributed by atoms with Crippen LogP contribution < -0.4 is 10.1 Å². The molecule has 0 heterocycles. The predicted molar refractivity (Wildman–Crippen MR) is 83.0 cm³/mol. The third kappa shape index (κ3) is 5.23. The quantitative estimate of drug-likeness (QED) is 0.701. The number of rotatable bonds is 8. The minimum Gasteiger partial charge on any atom is -0.480 e. The number of para-hydroxylation sites is 1. The minimum absolute atomic E-state index is 0.204. The first-order chi connectivity index (χ1) is 11.7. The molecule has 1 saturated carbocycles. The number of benzene rings is 1. The summed E-state index contributed by atoms with van der Waals surface area (Å²) in [6.07, 6.45) is -2.30. The van der Waals surface area contributed by atoms with Crippen LogP contribution in [0.4, 0.5) is 13.2 Å². The summed E-state index contributed by atoms with van der Waals surface area (Å²) < 4.78 is 41.4. The molecule has 3 unspecified atom stereocenters. The number of carboxylic acid groups (broad SMARTS) is 1. The van der Waals surface area contributed by atoms with E-state index in [2.05, 4.69) is 16.6 Å². The zero-order valence-corrected chi connectivity index (χ0v) is 13.3. The van der Waals surface area contributed by atoms with E-state index in [0.717, 1.165) is 0 Å². The number of aliphatic carboxylic acids is 1. The van der Waals surface area contributed by atoms with Gasteiger partial charge >= 0.3 is 12.3 Å². The van der Waals surface area contributed by atoms with E-state index in [-0.39, 0.29) is 17.7 Å². The summed E-state index contributed by atoms with van der Waals surface area (Å²) in [6, 6.07) is 4.60. The third-order valence-corrected chi connectivity index (χ3v) is 3.95. The maximum absolute atomic E-state index is 12.5. The van der Waals surface area contributed by atoms with Crippen LogP contribution >= 0.6 is 0 Å². The number of nitrogens with one attached hydrogen (secondary N) is 1. The summed E-state index contributed by atoms with van der Waals surface area (Å²) in [7, 11) is 0. The number of carboxylic acids is 1. The van der Waals surface area contributed by atoms with Crippen LogP contribution in [-0.2, 0) is 9.59 Å². The molecule has 1 fully saturated rings. The van der Waals surface area contributed by atoms with Gasteiger partial charge in [0.2, 0.25) is 5.91 Å². The lowest BCUT2D eigenvalue weighted by atomic mass is 10.1. The monoisotopic (exact) mass is 357 g/mol. The molecule has 0 aliphatic heterocycles. The van der Waals surface area contributed by atoms with E-state index in [1.807, 2.05) is 0 Å². The average molecular weight is 357 g/mol. The molecule has 1 amide bonds. The average Bonchev–Trinajstić information content (AvgIpc) is 3.30. The number of carbonyl (C=O) groups excluding carboxylic acids is 1. The van der Waals surface area contributed by atoms with Crippen molar-refractivity contribution in [2.75, 3.05) is 0 Å². The highest BCUT2D eigenvalue weighted by molar-refractivity contribution is 5.87. The summed E-state index contributed by atoms with van der Waals surface area (Å²) >= 11 is 0. The molecule has 1 aromatic carbocycles. The molecule has 8 heteroatoms. The van der Waals surface area contributed by atoms with Gasteiger partial charge < -0.3 is 15.2 Å². The highest BCUT2D eigenvalue weighted by Crippen LogP contribution is 2.51. The molecule has 5 nitrogen and oxygen atoms in total. The summed E-state index contributed by atoms with van der Waals surface area (Å²) in [5.74, 6) is -2.97. The van der Waals surface area contributed by atoms with Crippen LogP contribution in [0.2, 0.25) is 0 Å². The lowest BCUT2D eigenvalue weighted by molar-refractivity contribution is -0.274. The van der Waals surface area contributed by atoms with E-state index in [1.165, 1.54) is 18.2 Å². The van der Waals surface area contributed by atoms with Gasteiger partial charge in [-0.25, -0.2) is 4.79 Å². The standard InChI is InChI=1S/C17H18F3NO4/c1-2-3-7-13(16(23)24)21-15(22)12-9-11(12)10-6-4-5-8-14(10)25-17(18,19)20/h2,4-6,8,11-13H,1,3,7,9H2,(H,21,22)(H,23,24). The Morgan fingerprint density at radius 1 is 1.40 bits per heavy atom. The Labute approximate surface area is 142 Å². The SMILES string of the molecule is C=CCCC(NC(=O)C1CC1c1ccccc1OC(F)(F)F)C(=O)O. The molecule has 3 atom stereocenters. The zero-order valence-electron chi connectivity index (χ0n) is 13.3. The van der Waals surface area contributed by atoms with Crippen molar-refractivity contribution in [3.63, 3.8) is 0 Å². The van der Waals surface area contributed by atoms with Crippen LogP contribution in [0.1, 0.15) is 30.7 Å². The van der Waals surface area contributed by atoms with Crippen molar-refractivity contribution in [1.29, 1.82) is 0 Å². The maximum atomic E-state index is 12.5. The number of allylic oxidation sites excluding steroid dienone is 1. The van der Waals surface area contributed by atoms with Crippen LogP contribution in [0.5, 0.6) is 5.75 Å². The van der Waals surface area contributed by atoms with Gasteiger partial charge in [0.05, 0.1) is 0 Å². The summed E-state index contributed by atoms with van der Waals surface area (Å²) in [6.45, 7) is 3.50. The second-order valence-corrected chi connectivity index (χ2v) is 5.80. The van der Waals surface area contributed by atoms with E-state index < -0.39 is 36.1 Å². The van der Waals surface area contributed by atoms with Crippen molar-refractivity contribution in [2.24, 2.45) is 5.92 Å². The van der Waals surface area contributed by atoms with Crippen molar-refractivity contribution in [1.82, 2.24) is 5.32 Å². The second-order valence-electron chi connectivity index (χ2n) is 5.80. The molecule has 1 aliphatic rings. The van der Waals surface area contributed by atoms with Crippen LogP contribution in [0.15, 0.2) is 36.9 Å². The van der Waals surface area contributed by atoms with E-state index >= 15 is 0 Å². The smallest absolute Gasteiger partial charge is 0.480 e. The third-order valence-electron chi connectivity index (χ3n) is 3.95. The fourth-order valence-electron chi connectivity index (χ4n) is 2.65. The molecular weight excluding hydrogens is 339 g/mol. The van der Waals surface area contributed by atoms with Crippen molar-refractivity contribution >= 4 is 11.9 Å². The lowest BCUT2D eigenvalue weighted by Crippen LogP contribution is -2.41. The maximum Gasteiger partial charge on any atom is 0.573 e. The molecule has 0 aromatic heterocycles. The Kier molecular flexibility index (Phi) is 5.71. The van der Waals surface area contributed by atoms with Gasteiger partial charge in [-0.3, -0.25) is 4.79 Å². The van der Waals surface area contributed by atoms with E-state index in [0.29, 0.717) is 12.8 Å². The van der Waals surface area contributed by atoms with E-state index in [4.69, 9.17) is 5.11 Å². The fraction of sp³-hybridized carbons (Fsp3) is 0.412. The first-order valence-corrected chi connectivity index (χ1v) is 7.71. The number of halogens is 3. The molecule has 0 spiro atoms. The molecule has 136 valence electrons. The van der Waals surface area contributed by atoms with Gasteiger partial charge in [-0.15, -0.1) is 19.8 Å². The first kappa shape index (κ1) is 18.8. The first-order valence-electron chi connectivity index (χ1n) is 7.71. The van der Waals surface area contributed by atoms with Crippen LogP contribution in [0.3, 0.4) is 0 Å². The Bertz CT molecular complexity index is 660. The predicted octanol–water partition coefficient (Wildman–Crippen LogP) is 3.22. The molecule has 2 N–H and O–H groups in total. The van der Waals surface area contributed by atoms with Crippen molar-refractivity contribution in [3.05, 3.63) is 42.5 Å². The van der Waals surface area contributed by atoms with Crippen LogP contribution in [-0.4, -0.2) is 29.4 Å². The van der Waals surface area contributed by atoms with Gasteiger partial charge in [0.15, 0.2) is 0 Å². The molecule has 0 saturated heterocycles. The summed E-state index contributed by atoms with van der Waals surface area (Å²) in [5.41, 5.74) is 0.290. The van der Waals surface area contributed by atoms with Gasteiger partial charge in [-0.2, -0.15) is 0 Å². The molecule has 0 bridgehead atoms. The van der Waals surface area contributed by atoms with Crippen LogP contribution in [0, 0.1) is 5.92 Å². The Hall–Kier alpha value is -2.51. The number of carbonyl (C=O) groups is 2. The number of hydrogen-bond acceptors (Lipinski definition) is 3. The molecule has 2 rings (SSSR count). The normalized spacial score (nSPS) is 20.4. The van der Waals surface area contributed by atoms with E-state index in [1.54, 1.807) is 12.1 Å². The van der Waals surface area contributed by atoms with Crippen molar-refractivity contribution < 1.29 is 32.6 Å². The second kappa shape index (κ2) is 7.58. The summed E-state index contributed by atoms with van der Waals surface area (Å²) in [4.78, 5) is 23.4. The Balaban J connectivity index is 2.03. The Morgan fingerprint density at radius 2 is 2.08 bits per heavy atom. The van der Waals surface area contributed by atoms with Crippen LogP contribution in [0.25, 0.3) is 0 Å². The number of hydrogen-bond donors (Lipinski definition) is 2. The highest BCUT2D eigenvalue weighted by atomic mass is 19.4. The van der Waals surface area contributed by atoms with E-state index in [9.17, 15) is 22.8 Å². The van der Waals surface area contributed by atoms with Crippen molar-refractivity contribution in [3.8, 4) is 5.75 Å². The summed E-state index contributed by atoms with van der Waals surface area (Å²) in [5, 5.41) is 11.5. The van der Waals surface area contributed by atoms with Gasteiger partial charge in [-0.1, -0.05) is 24.3 Å². The molecule has 0 radical (unpaired) electrons. The molecule has 25 heavy (non-hydrogen) atoms. The number of amides is 1. The molecule has 1 aromatic rings. The van der Waals surface area contributed by atoms with Gasteiger partial charge in [0.1, 0.15) is 11.8 Å². The van der Waals surface area contributed by atoms with Gasteiger partial charge in [0, 0.05) is 5.92 Å². The minimum atomic E-state index is -4.82. The van der Waals surface area contributed by atoms with Gasteiger partial charge in [-0.05, 0) is 36.8 Å². The van der Waals surface area contributed by atoms with Gasteiger partial charge in [0.25, 0.3) is 0 Å². The molecule has 1 aliphatic carbocycles. The molecular formula is C17H18F3NO4. The fourth-order valence-corrected chi connectivity index (χ4v) is 2.65. The lowest BCUT2D eigenvalue weighted by Gasteiger charge is -2.15. The topological polar surface area (TPSA) is 75.6 Å².